The standard InChI is InChI=1S/C12H23N3O4/c1-5-6-15(8-11(17)18)12(19)14(4)7-10(16)13-9(2)3/h9H,5-8H2,1-4H3,(H,13,16)(H,17,18). The van der Waals surface area contributed by atoms with Crippen LogP contribution in [-0.2, 0) is 9.59 Å². The summed E-state index contributed by atoms with van der Waals surface area (Å²) in [4.78, 5) is 36.6. The van der Waals surface area contributed by atoms with E-state index in [0.29, 0.717) is 13.0 Å². The average Bonchev–Trinajstić information content (AvgIpc) is 2.25. The van der Waals surface area contributed by atoms with Crippen molar-refractivity contribution in [3.63, 3.8) is 0 Å². The van der Waals surface area contributed by atoms with Crippen molar-refractivity contribution < 1.29 is 19.5 Å². The molecule has 7 heteroatoms. The molecular formula is C12H23N3O4. The lowest BCUT2D eigenvalue weighted by Gasteiger charge is -2.26. The summed E-state index contributed by atoms with van der Waals surface area (Å²) in [5.41, 5.74) is 0. The van der Waals surface area contributed by atoms with Gasteiger partial charge in [0.15, 0.2) is 0 Å². The van der Waals surface area contributed by atoms with Gasteiger partial charge < -0.3 is 20.2 Å². The van der Waals surface area contributed by atoms with E-state index in [1.165, 1.54) is 16.8 Å². The van der Waals surface area contributed by atoms with Crippen molar-refractivity contribution in [3.8, 4) is 0 Å². The zero-order valence-electron chi connectivity index (χ0n) is 12.0. The molecule has 0 aromatic heterocycles. The molecular weight excluding hydrogens is 250 g/mol. The smallest absolute Gasteiger partial charge is 0.323 e. The van der Waals surface area contributed by atoms with Crippen LogP contribution >= 0.6 is 0 Å². The summed E-state index contributed by atoms with van der Waals surface area (Å²) in [5.74, 6) is -1.33. The Morgan fingerprint density at radius 2 is 1.79 bits per heavy atom. The maximum absolute atomic E-state index is 12.0. The number of likely N-dealkylation sites (N-methyl/N-ethyl adjacent to an activating group) is 1. The second-order valence-corrected chi connectivity index (χ2v) is 4.68. The van der Waals surface area contributed by atoms with E-state index >= 15 is 0 Å². The van der Waals surface area contributed by atoms with Crippen molar-refractivity contribution in [2.24, 2.45) is 0 Å². The first-order valence-electron chi connectivity index (χ1n) is 6.29. The topological polar surface area (TPSA) is 90.0 Å². The number of nitrogens with zero attached hydrogens (tertiary/aromatic N) is 2. The van der Waals surface area contributed by atoms with E-state index in [-0.39, 0.29) is 25.0 Å². The fourth-order valence-corrected chi connectivity index (χ4v) is 1.57. The molecule has 0 atom stereocenters. The molecule has 0 rings (SSSR count). The average molecular weight is 273 g/mol. The molecule has 0 bridgehead atoms. The molecule has 0 aliphatic heterocycles. The van der Waals surface area contributed by atoms with Crippen LogP contribution in [0, 0.1) is 0 Å². The highest BCUT2D eigenvalue weighted by Gasteiger charge is 2.21. The van der Waals surface area contributed by atoms with E-state index in [4.69, 9.17) is 5.11 Å². The van der Waals surface area contributed by atoms with Gasteiger partial charge in [-0.05, 0) is 20.3 Å². The zero-order chi connectivity index (χ0) is 15.0. The van der Waals surface area contributed by atoms with Gasteiger partial charge in [0.1, 0.15) is 13.1 Å². The van der Waals surface area contributed by atoms with E-state index in [1.807, 2.05) is 20.8 Å². The molecule has 0 spiro atoms. The summed E-state index contributed by atoms with van der Waals surface area (Å²) in [6, 6.07) is -0.454. The Labute approximate surface area is 113 Å². The van der Waals surface area contributed by atoms with Gasteiger partial charge in [0.25, 0.3) is 0 Å². The van der Waals surface area contributed by atoms with Gasteiger partial charge >= 0.3 is 12.0 Å². The van der Waals surface area contributed by atoms with Crippen molar-refractivity contribution in [1.29, 1.82) is 0 Å². The van der Waals surface area contributed by atoms with Crippen molar-refractivity contribution >= 4 is 17.9 Å². The first-order valence-corrected chi connectivity index (χ1v) is 6.29. The molecule has 0 radical (unpaired) electrons. The molecule has 0 unspecified atom stereocenters. The predicted octanol–water partition coefficient (Wildman–Crippen LogP) is 0.359. The quantitative estimate of drug-likeness (QED) is 0.700. The molecule has 3 amide bonds. The molecule has 19 heavy (non-hydrogen) atoms. The third kappa shape index (κ3) is 7.28. The lowest BCUT2D eigenvalue weighted by Crippen LogP contribution is -2.48. The Morgan fingerprint density at radius 3 is 2.21 bits per heavy atom. The first-order chi connectivity index (χ1) is 8.77. The first kappa shape index (κ1) is 17.2. The van der Waals surface area contributed by atoms with Gasteiger partial charge in [0.05, 0.1) is 0 Å². The molecule has 110 valence electrons. The SMILES string of the molecule is CCCN(CC(=O)O)C(=O)N(C)CC(=O)NC(C)C. The normalized spacial score (nSPS) is 10.2. The van der Waals surface area contributed by atoms with Gasteiger partial charge in [-0.25, -0.2) is 4.79 Å². The molecule has 0 aromatic rings. The fraction of sp³-hybridized carbons (Fsp3) is 0.750. The van der Waals surface area contributed by atoms with E-state index in [1.54, 1.807) is 0 Å². The van der Waals surface area contributed by atoms with E-state index in [0.717, 1.165) is 0 Å². The Hall–Kier alpha value is -1.79. The van der Waals surface area contributed by atoms with Crippen LogP contribution in [0.3, 0.4) is 0 Å². The zero-order valence-corrected chi connectivity index (χ0v) is 12.0. The molecule has 0 heterocycles. The minimum absolute atomic E-state index is 0.00164. The summed E-state index contributed by atoms with van der Waals surface area (Å²) in [6.07, 6.45) is 0.658. The molecule has 0 aliphatic rings. The van der Waals surface area contributed by atoms with Crippen molar-refractivity contribution in [3.05, 3.63) is 0 Å². The maximum atomic E-state index is 12.0. The van der Waals surface area contributed by atoms with E-state index in [9.17, 15) is 14.4 Å². The number of carbonyl (C=O) groups excluding carboxylic acids is 2. The molecule has 2 N–H and O–H groups in total. The van der Waals surface area contributed by atoms with Crippen LogP contribution in [0.5, 0.6) is 0 Å². The third-order valence-electron chi connectivity index (χ3n) is 2.25. The van der Waals surface area contributed by atoms with Gasteiger partial charge in [-0.1, -0.05) is 6.92 Å². The van der Waals surface area contributed by atoms with Crippen molar-refractivity contribution in [2.45, 2.75) is 33.2 Å². The lowest BCUT2D eigenvalue weighted by atomic mass is 10.3. The van der Waals surface area contributed by atoms with Crippen LogP contribution in [-0.4, -0.2) is 65.5 Å². The Kier molecular flexibility index (Phi) is 7.55. The number of nitrogens with one attached hydrogen (secondary N) is 1. The van der Waals surface area contributed by atoms with Crippen LogP contribution in [0.4, 0.5) is 4.79 Å². The molecule has 0 aromatic carbocycles. The van der Waals surface area contributed by atoms with Gasteiger partial charge in [-0.3, -0.25) is 9.59 Å². The largest absolute Gasteiger partial charge is 0.480 e. The maximum Gasteiger partial charge on any atom is 0.323 e. The number of carboxylic acid groups (broad SMARTS) is 1. The number of urea groups is 1. The molecule has 7 nitrogen and oxygen atoms in total. The highest BCUT2D eigenvalue weighted by atomic mass is 16.4. The van der Waals surface area contributed by atoms with Crippen LogP contribution in [0.25, 0.3) is 0 Å². The number of amides is 3. The van der Waals surface area contributed by atoms with Crippen LogP contribution in [0.15, 0.2) is 0 Å². The van der Waals surface area contributed by atoms with E-state index < -0.39 is 12.0 Å². The number of hydrogen-bond acceptors (Lipinski definition) is 3. The highest BCUT2D eigenvalue weighted by Crippen LogP contribution is 1.99. The number of rotatable bonds is 7. The minimum Gasteiger partial charge on any atom is -0.480 e. The summed E-state index contributed by atoms with van der Waals surface area (Å²) < 4.78 is 0. The van der Waals surface area contributed by atoms with Crippen molar-refractivity contribution in [1.82, 2.24) is 15.1 Å². The van der Waals surface area contributed by atoms with Crippen LogP contribution in [0.2, 0.25) is 0 Å². The molecule has 0 saturated carbocycles. The Bertz CT molecular complexity index is 331. The lowest BCUT2D eigenvalue weighted by molar-refractivity contribution is -0.137. The van der Waals surface area contributed by atoms with Crippen molar-refractivity contribution in [2.75, 3.05) is 26.7 Å². The predicted molar refractivity (Wildman–Crippen MR) is 70.8 cm³/mol. The minimum atomic E-state index is -1.07. The second kappa shape index (κ2) is 8.34. The summed E-state index contributed by atoms with van der Waals surface area (Å²) in [6.45, 7) is 5.41. The van der Waals surface area contributed by atoms with Gasteiger partial charge in [-0.2, -0.15) is 0 Å². The molecule has 0 aliphatic carbocycles. The highest BCUT2D eigenvalue weighted by molar-refractivity contribution is 5.85. The summed E-state index contributed by atoms with van der Waals surface area (Å²) in [7, 11) is 1.48. The third-order valence-corrected chi connectivity index (χ3v) is 2.25. The Morgan fingerprint density at radius 1 is 1.21 bits per heavy atom. The number of carboxylic acids is 1. The second-order valence-electron chi connectivity index (χ2n) is 4.68. The number of hydrogen-bond donors (Lipinski definition) is 2. The van der Waals surface area contributed by atoms with Gasteiger partial charge in [0.2, 0.25) is 5.91 Å². The van der Waals surface area contributed by atoms with Crippen LogP contribution in [0.1, 0.15) is 27.2 Å². The van der Waals surface area contributed by atoms with Gasteiger partial charge in [-0.15, -0.1) is 0 Å². The molecule has 0 saturated heterocycles. The summed E-state index contributed by atoms with van der Waals surface area (Å²) in [5, 5.41) is 11.4. The van der Waals surface area contributed by atoms with Gasteiger partial charge in [0, 0.05) is 19.6 Å². The monoisotopic (exact) mass is 273 g/mol. The summed E-state index contributed by atoms with van der Waals surface area (Å²) >= 11 is 0. The Balaban J connectivity index is 4.48. The number of aliphatic carboxylic acids is 1. The number of carbonyl (C=O) groups is 3. The molecule has 0 fully saturated rings. The fourth-order valence-electron chi connectivity index (χ4n) is 1.57. The van der Waals surface area contributed by atoms with E-state index in [2.05, 4.69) is 5.32 Å². The van der Waals surface area contributed by atoms with Crippen LogP contribution < -0.4 is 5.32 Å².